The molecule has 0 fully saturated rings. The lowest BCUT2D eigenvalue weighted by molar-refractivity contribution is 0.148. The number of hydrogen-bond donors (Lipinski definition) is 1. The Morgan fingerprint density at radius 2 is 2.10 bits per heavy atom. The van der Waals surface area contributed by atoms with Gasteiger partial charge in [-0.3, -0.25) is 0 Å². The molecule has 0 radical (unpaired) electrons. The van der Waals surface area contributed by atoms with E-state index in [1.165, 1.54) is 5.56 Å². The first-order valence-electron chi connectivity index (χ1n) is 7.37. The number of nitrogens with two attached hydrogens (primary N) is 1. The van der Waals surface area contributed by atoms with Crippen LogP contribution in [0.5, 0.6) is 11.5 Å². The third-order valence-corrected chi connectivity index (χ3v) is 3.86. The molecule has 3 nitrogen and oxygen atoms in total. The van der Waals surface area contributed by atoms with Crippen molar-refractivity contribution in [1.82, 2.24) is 0 Å². The summed E-state index contributed by atoms with van der Waals surface area (Å²) in [7, 11) is 0. The largest absolute Gasteiger partial charge is 0.489 e. The van der Waals surface area contributed by atoms with Gasteiger partial charge in [-0.15, -0.1) is 0 Å². The highest BCUT2D eigenvalue weighted by molar-refractivity contribution is 5.38. The van der Waals surface area contributed by atoms with Crippen LogP contribution in [-0.4, -0.2) is 12.7 Å². The van der Waals surface area contributed by atoms with Crippen molar-refractivity contribution in [2.45, 2.75) is 32.4 Å². The molecule has 0 amide bonds. The average molecular weight is 283 g/mol. The Labute approximate surface area is 125 Å². The second-order valence-electron chi connectivity index (χ2n) is 5.68. The zero-order valence-electron chi connectivity index (χ0n) is 12.5. The van der Waals surface area contributed by atoms with E-state index in [1.54, 1.807) is 0 Å². The van der Waals surface area contributed by atoms with Gasteiger partial charge in [0.2, 0.25) is 0 Å². The highest BCUT2D eigenvalue weighted by atomic mass is 16.5. The fraction of sp³-hybridized carbons (Fsp3) is 0.333. The summed E-state index contributed by atoms with van der Waals surface area (Å²) in [5.74, 6) is 1.88. The molecule has 110 valence electrons. The molecule has 2 aromatic carbocycles. The predicted molar refractivity (Wildman–Crippen MR) is 83.8 cm³/mol. The van der Waals surface area contributed by atoms with E-state index in [9.17, 15) is 0 Å². The third-order valence-electron chi connectivity index (χ3n) is 3.86. The van der Waals surface area contributed by atoms with Crippen molar-refractivity contribution in [2.24, 2.45) is 5.73 Å². The van der Waals surface area contributed by atoms with Gasteiger partial charge in [-0.2, -0.15) is 0 Å². The number of rotatable bonds is 4. The molecule has 0 saturated carbocycles. The minimum absolute atomic E-state index is 0.0467. The quantitative estimate of drug-likeness (QED) is 0.935. The summed E-state index contributed by atoms with van der Waals surface area (Å²) in [5, 5.41) is 0. The minimum atomic E-state index is 0.0467. The summed E-state index contributed by atoms with van der Waals surface area (Å²) in [6.45, 7) is 4.59. The predicted octanol–water partition coefficient (Wildman–Crippen LogP) is 3.40. The van der Waals surface area contributed by atoms with Gasteiger partial charge in [0.25, 0.3) is 0 Å². The molecule has 21 heavy (non-hydrogen) atoms. The molecule has 2 N–H and O–H groups in total. The fourth-order valence-corrected chi connectivity index (χ4v) is 2.65. The fourth-order valence-electron chi connectivity index (χ4n) is 2.65. The van der Waals surface area contributed by atoms with Crippen LogP contribution in [0.25, 0.3) is 0 Å². The average Bonchev–Trinajstić information content (AvgIpc) is 2.88. The van der Waals surface area contributed by atoms with Crippen molar-refractivity contribution in [3.05, 3.63) is 59.2 Å². The molecule has 1 aliphatic rings. The van der Waals surface area contributed by atoms with E-state index in [2.05, 4.69) is 12.1 Å². The molecular weight excluding hydrogens is 262 g/mol. The van der Waals surface area contributed by atoms with Crippen molar-refractivity contribution < 1.29 is 9.47 Å². The molecular formula is C18H21NO2. The van der Waals surface area contributed by atoms with Crippen molar-refractivity contribution in [1.29, 1.82) is 0 Å². The Bertz CT molecular complexity index is 612. The molecule has 0 bridgehead atoms. The molecule has 2 aromatic rings. The molecule has 1 heterocycles. The Morgan fingerprint density at radius 3 is 2.81 bits per heavy atom. The second kappa shape index (κ2) is 5.78. The lowest BCUT2D eigenvalue weighted by atomic mass is 10.1. The summed E-state index contributed by atoms with van der Waals surface area (Å²) in [6, 6.07) is 14.3. The van der Waals surface area contributed by atoms with Gasteiger partial charge >= 0.3 is 0 Å². The first kappa shape index (κ1) is 14.0. The van der Waals surface area contributed by atoms with Crippen LogP contribution in [0.15, 0.2) is 42.5 Å². The highest BCUT2D eigenvalue weighted by Crippen LogP contribution is 2.29. The minimum Gasteiger partial charge on any atom is -0.489 e. The number of aryl methyl sites for hydroxylation is 1. The Morgan fingerprint density at radius 1 is 1.29 bits per heavy atom. The van der Waals surface area contributed by atoms with Crippen molar-refractivity contribution in [2.75, 3.05) is 6.61 Å². The van der Waals surface area contributed by atoms with E-state index in [4.69, 9.17) is 15.2 Å². The summed E-state index contributed by atoms with van der Waals surface area (Å²) >= 11 is 0. The van der Waals surface area contributed by atoms with Gasteiger partial charge in [0.1, 0.15) is 24.2 Å². The summed E-state index contributed by atoms with van der Waals surface area (Å²) in [5.41, 5.74) is 9.39. The number of hydrogen-bond acceptors (Lipinski definition) is 3. The zero-order chi connectivity index (χ0) is 14.8. The number of para-hydroxylation sites is 1. The Balaban J connectivity index is 1.62. The van der Waals surface area contributed by atoms with Crippen molar-refractivity contribution in [3.8, 4) is 11.5 Å². The van der Waals surface area contributed by atoms with Crippen LogP contribution < -0.4 is 15.2 Å². The van der Waals surface area contributed by atoms with Gasteiger partial charge in [0.05, 0.1) is 0 Å². The Hall–Kier alpha value is -2.00. The first-order valence-corrected chi connectivity index (χ1v) is 7.37. The lowest BCUT2D eigenvalue weighted by Gasteiger charge is -2.15. The van der Waals surface area contributed by atoms with Gasteiger partial charge in [-0.25, -0.2) is 0 Å². The van der Waals surface area contributed by atoms with Crippen LogP contribution in [0.4, 0.5) is 0 Å². The van der Waals surface area contributed by atoms with E-state index < -0.39 is 0 Å². The van der Waals surface area contributed by atoms with Crippen LogP contribution in [0.2, 0.25) is 0 Å². The van der Waals surface area contributed by atoms with Gasteiger partial charge in [0.15, 0.2) is 0 Å². The normalized spacial score (nSPS) is 18.0. The van der Waals surface area contributed by atoms with Crippen molar-refractivity contribution in [3.63, 3.8) is 0 Å². The monoisotopic (exact) mass is 283 g/mol. The summed E-state index contributed by atoms with van der Waals surface area (Å²) in [4.78, 5) is 0. The highest BCUT2D eigenvalue weighted by Gasteiger charge is 2.23. The summed E-state index contributed by atoms with van der Waals surface area (Å²) < 4.78 is 11.8. The molecule has 0 aliphatic carbocycles. The molecule has 1 unspecified atom stereocenters. The maximum atomic E-state index is 5.92. The maximum Gasteiger partial charge on any atom is 0.137 e. The SMILES string of the molecule is Cc1cc([C@H](C)N)ccc1OCC1Cc2ccccc2O1. The molecule has 1 aliphatic heterocycles. The van der Waals surface area contributed by atoms with Gasteiger partial charge in [-0.1, -0.05) is 30.3 Å². The van der Waals surface area contributed by atoms with Gasteiger partial charge in [-0.05, 0) is 42.7 Å². The van der Waals surface area contributed by atoms with Gasteiger partial charge in [0, 0.05) is 12.5 Å². The van der Waals surface area contributed by atoms with Crippen molar-refractivity contribution >= 4 is 0 Å². The van der Waals surface area contributed by atoms with Crippen LogP contribution in [0, 0.1) is 6.92 Å². The number of ether oxygens (including phenoxy) is 2. The van der Waals surface area contributed by atoms with Crippen LogP contribution in [-0.2, 0) is 6.42 Å². The molecule has 0 spiro atoms. The smallest absolute Gasteiger partial charge is 0.137 e. The van der Waals surface area contributed by atoms with E-state index in [0.29, 0.717) is 6.61 Å². The topological polar surface area (TPSA) is 44.5 Å². The number of benzene rings is 2. The lowest BCUT2D eigenvalue weighted by Crippen LogP contribution is -2.22. The molecule has 3 heteroatoms. The number of fused-ring (bicyclic) bond motifs is 1. The first-order chi connectivity index (χ1) is 10.1. The van der Waals surface area contributed by atoms with Crippen LogP contribution >= 0.6 is 0 Å². The maximum absolute atomic E-state index is 5.92. The van der Waals surface area contributed by atoms with E-state index in [0.717, 1.165) is 29.0 Å². The van der Waals surface area contributed by atoms with Gasteiger partial charge < -0.3 is 15.2 Å². The Kier molecular flexibility index (Phi) is 3.84. The molecule has 2 atom stereocenters. The van der Waals surface area contributed by atoms with E-state index in [-0.39, 0.29) is 12.1 Å². The zero-order valence-corrected chi connectivity index (χ0v) is 12.5. The van der Waals surface area contributed by atoms with E-state index >= 15 is 0 Å². The standard InChI is InChI=1S/C18H21NO2/c1-12-9-14(13(2)19)7-8-17(12)20-11-16-10-15-5-3-4-6-18(15)21-16/h3-9,13,16H,10-11,19H2,1-2H3/t13-,16?/m0/s1. The van der Waals surface area contributed by atoms with Crippen LogP contribution in [0.3, 0.4) is 0 Å². The third kappa shape index (κ3) is 3.03. The summed E-state index contributed by atoms with van der Waals surface area (Å²) in [6.07, 6.45) is 1.00. The second-order valence-corrected chi connectivity index (χ2v) is 5.68. The molecule has 0 saturated heterocycles. The van der Waals surface area contributed by atoms with E-state index in [1.807, 2.05) is 44.2 Å². The molecule has 3 rings (SSSR count). The van der Waals surface area contributed by atoms with Crippen LogP contribution in [0.1, 0.15) is 29.7 Å². The molecule has 0 aromatic heterocycles.